The van der Waals surface area contributed by atoms with Gasteiger partial charge in [-0.1, -0.05) is 0 Å². The van der Waals surface area contributed by atoms with Crippen molar-refractivity contribution in [3.05, 3.63) is 6.33 Å². The second kappa shape index (κ2) is 4.06. The first-order valence-corrected chi connectivity index (χ1v) is 5.82. The largest absolute Gasteiger partial charge is 0.365 e. The van der Waals surface area contributed by atoms with Gasteiger partial charge in [-0.25, -0.2) is 9.67 Å². The lowest BCUT2D eigenvalue weighted by Gasteiger charge is -2.07. The van der Waals surface area contributed by atoms with E-state index < -0.39 is 0 Å². The van der Waals surface area contributed by atoms with Gasteiger partial charge in [-0.3, -0.25) is 4.79 Å². The molecule has 0 bridgehead atoms. The fraction of sp³-hybridized carbons (Fsp3) is 0.667. The Morgan fingerprint density at radius 1 is 1.81 bits per heavy atom. The summed E-state index contributed by atoms with van der Waals surface area (Å²) in [4.78, 5) is 15.3. The molecule has 1 aromatic rings. The van der Waals surface area contributed by atoms with Gasteiger partial charge in [-0.15, -0.1) is 0 Å². The van der Waals surface area contributed by atoms with Crippen molar-refractivity contribution in [3.63, 3.8) is 0 Å². The van der Waals surface area contributed by atoms with Gasteiger partial charge in [-0.05, 0) is 13.8 Å². The molecule has 0 aromatic carbocycles. The van der Waals surface area contributed by atoms with Crippen molar-refractivity contribution in [2.45, 2.75) is 37.3 Å². The van der Waals surface area contributed by atoms with Gasteiger partial charge in [-0.2, -0.15) is 5.10 Å². The SMILES string of the molecule is CNC(=O)Sc1ncnn1CC1(C)OC1C. The lowest BCUT2D eigenvalue weighted by molar-refractivity contribution is 0.261. The van der Waals surface area contributed by atoms with Crippen LogP contribution in [-0.2, 0) is 11.3 Å². The third-order valence-corrected chi connectivity index (χ3v) is 3.57. The zero-order chi connectivity index (χ0) is 11.8. The van der Waals surface area contributed by atoms with E-state index in [4.69, 9.17) is 4.74 Å². The van der Waals surface area contributed by atoms with Crippen LogP contribution in [0.2, 0.25) is 0 Å². The Bertz CT molecular complexity index is 408. The van der Waals surface area contributed by atoms with E-state index in [9.17, 15) is 4.79 Å². The Kier molecular flexibility index (Phi) is 2.90. The van der Waals surface area contributed by atoms with Gasteiger partial charge in [0, 0.05) is 18.8 Å². The highest BCUT2D eigenvalue weighted by Gasteiger charge is 2.49. The third kappa shape index (κ3) is 2.19. The second-order valence-corrected chi connectivity index (χ2v) is 4.85. The van der Waals surface area contributed by atoms with Crippen LogP contribution >= 0.6 is 11.8 Å². The first kappa shape index (κ1) is 11.4. The molecule has 1 N–H and O–H groups in total. The molecule has 1 fully saturated rings. The number of nitrogens with zero attached hydrogens (tertiary/aromatic N) is 3. The summed E-state index contributed by atoms with van der Waals surface area (Å²) in [5, 5.41) is 7.05. The number of ether oxygens (including phenoxy) is 1. The zero-order valence-corrected chi connectivity index (χ0v) is 10.2. The molecule has 1 amide bonds. The lowest BCUT2D eigenvalue weighted by Crippen LogP contribution is -2.20. The quantitative estimate of drug-likeness (QED) is 0.629. The van der Waals surface area contributed by atoms with E-state index in [0.717, 1.165) is 11.8 Å². The molecule has 7 heteroatoms. The molecule has 2 heterocycles. The van der Waals surface area contributed by atoms with E-state index in [1.165, 1.54) is 6.33 Å². The summed E-state index contributed by atoms with van der Waals surface area (Å²) in [5.41, 5.74) is -0.175. The summed E-state index contributed by atoms with van der Waals surface area (Å²) in [6.07, 6.45) is 1.68. The lowest BCUT2D eigenvalue weighted by atomic mass is 10.1. The highest BCUT2D eigenvalue weighted by atomic mass is 32.2. The van der Waals surface area contributed by atoms with Crippen LogP contribution in [0.1, 0.15) is 13.8 Å². The zero-order valence-electron chi connectivity index (χ0n) is 9.43. The number of rotatable bonds is 3. The number of nitrogens with one attached hydrogen (secondary N) is 1. The fourth-order valence-corrected chi connectivity index (χ4v) is 1.99. The highest BCUT2D eigenvalue weighted by molar-refractivity contribution is 8.13. The number of thioether (sulfide) groups is 1. The van der Waals surface area contributed by atoms with Crippen LogP contribution in [0, 0.1) is 0 Å². The molecular weight excluding hydrogens is 228 g/mol. The number of aromatic nitrogens is 3. The number of carbonyl (C=O) groups is 1. The Morgan fingerprint density at radius 2 is 2.50 bits per heavy atom. The summed E-state index contributed by atoms with van der Waals surface area (Å²) in [7, 11) is 1.59. The number of carbonyl (C=O) groups excluding carboxylic acids is 1. The molecule has 2 rings (SSSR count). The van der Waals surface area contributed by atoms with E-state index in [-0.39, 0.29) is 16.9 Å². The molecule has 2 atom stereocenters. The minimum Gasteiger partial charge on any atom is -0.365 e. The molecular formula is C9H14N4O2S. The van der Waals surface area contributed by atoms with Crippen LogP contribution in [0.4, 0.5) is 4.79 Å². The van der Waals surface area contributed by atoms with Crippen molar-refractivity contribution in [2.24, 2.45) is 0 Å². The minimum atomic E-state index is -0.175. The molecule has 0 aliphatic carbocycles. The second-order valence-electron chi connectivity index (χ2n) is 3.91. The molecule has 1 aromatic heterocycles. The maximum atomic E-state index is 11.2. The maximum Gasteiger partial charge on any atom is 0.286 e. The summed E-state index contributed by atoms with van der Waals surface area (Å²) in [6, 6.07) is 0. The standard InChI is InChI=1S/C9H14N4O2S/c1-6-9(2,15-6)4-13-7(11-5-12-13)16-8(14)10-3/h5-6H,4H2,1-3H3,(H,10,14). The molecule has 0 saturated carbocycles. The van der Waals surface area contributed by atoms with Crippen LogP contribution in [-0.4, -0.2) is 38.8 Å². The molecule has 2 unspecified atom stereocenters. The van der Waals surface area contributed by atoms with E-state index >= 15 is 0 Å². The van der Waals surface area contributed by atoms with E-state index in [1.807, 2.05) is 13.8 Å². The first-order valence-electron chi connectivity index (χ1n) is 5.00. The van der Waals surface area contributed by atoms with E-state index in [1.54, 1.807) is 11.7 Å². The molecule has 88 valence electrons. The van der Waals surface area contributed by atoms with E-state index in [0.29, 0.717) is 11.7 Å². The predicted molar refractivity (Wildman–Crippen MR) is 59.3 cm³/mol. The number of hydrogen-bond acceptors (Lipinski definition) is 5. The topological polar surface area (TPSA) is 72.3 Å². The Hall–Kier alpha value is -1.08. The van der Waals surface area contributed by atoms with Gasteiger partial charge < -0.3 is 10.1 Å². The van der Waals surface area contributed by atoms with Crippen LogP contribution in [0.15, 0.2) is 11.5 Å². The number of hydrogen-bond donors (Lipinski definition) is 1. The average Bonchev–Trinajstić information content (AvgIpc) is 2.62. The van der Waals surface area contributed by atoms with Gasteiger partial charge in [0.1, 0.15) is 11.9 Å². The van der Waals surface area contributed by atoms with Crippen molar-refractivity contribution in [2.75, 3.05) is 7.05 Å². The Morgan fingerprint density at radius 3 is 3.06 bits per heavy atom. The van der Waals surface area contributed by atoms with Crippen LogP contribution in [0.5, 0.6) is 0 Å². The average molecular weight is 242 g/mol. The van der Waals surface area contributed by atoms with Gasteiger partial charge >= 0.3 is 0 Å². The summed E-state index contributed by atoms with van der Waals surface area (Å²) < 4.78 is 7.16. The van der Waals surface area contributed by atoms with Gasteiger partial charge in [0.05, 0.1) is 12.6 Å². The van der Waals surface area contributed by atoms with Gasteiger partial charge in [0.25, 0.3) is 5.24 Å². The summed E-state index contributed by atoms with van der Waals surface area (Å²) >= 11 is 1.03. The first-order chi connectivity index (χ1) is 7.55. The van der Waals surface area contributed by atoms with Crippen molar-refractivity contribution in [1.29, 1.82) is 0 Å². The minimum absolute atomic E-state index is 0.149. The van der Waals surface area contributed by atoms with Crippen molar-refractivity contribution in [3.8, 4) is 0 Å². The smallest absolute Gasteiger partial charge is 0.286 e. The summed E-state index contributed by atoms with van der Waals surface area (Å²) in [5.74, 6) is 0. The fourth-order valence-electron chi connectivity index (χ4n) is 1.41. The van der Waals surface area contributed by atoms with E-state index in [2.05, 4.69) is 15.4 Å². The van der Waals surface area contributed by atoms with Gasteiger partial charge in [0.15, 0.2) is 5.16 Å². The van der Waals surface area contributed by atoms with Crippen LogP contribution < -0.4 is 5.32 Å². The molecule has 0 spiro atoms. The molecule has 1 aliphatic heterocycles. The van der Waals surface area contributed by atoms with Crippen LogP contribution in [0.3, 0.4) is 0 Å². The monoisotopic (exact) mass is 242 g/mol. The predicted octanol–water partition coefficient (Wildman–Crippen LogP) is 0.887. The third-order valence-electron chi connectivity index (χ3n) is 2.68. The highest BCUT2D eigenvalue weighted by Crippen LogP contribution is 2.37. The van der Waals surface area contributed by atoms with Crippen LogP contribution in [0.25, 0.3) is 0 Å². The van der Waals surface area contributed by atoms with Crippen molar-refractivity contribution in [1.82, 2.24) is 20.1 Å². The molecule has 0 radical (unpaired) electrons. The molecule has 16 heavy (non-hydrogen) atoms. The molecule has 1 saturated heterocycles. The van der Waals surface area contributed by atoms with Crippen molar-refractivity contribution < 1.29 is 9.53 Å². The number of amides is 1. The van der Waals surface area contributed by atoms with Crippen molar-refractivity contribution >= 4 is 17.0 Å². The Labute approximate surface area is 97.8 Å². The molecule has 1 aliphatic rings. The van der Waals surface area contributed by atoms with Gasteiger partial charge in [0.2, 0.25) is 0 Å². The Balaban J connectivity index is 2.05. The normalized spacial score (nSPS) is 27.8. The number of epoxide rings is 1. The maximum absolute atomic E-state index is 11.2. The summed E-state index contributed by atoms with van der Waals surface area (Å²) in [6.45, 7) is 4.66. The molecule has 6 nitrogen and oxygen atoms in total.